The second-order valence-electron chi connectivity index (χ2n) is 8.13. The first-order valence-electron chi connectivity index (χ1n) is 11.1. The van der Waals surface area contributed by atoms with E-state index in [0.29, 0.717) is 32.6 Å². The molecule has 0 bridgehead atoms. The highest BCUT2D eigenvalue weighted by molar-refractivity contribution is 5.92. The highest BCUT2D eigenvalue weighted by Gasteiger charge is 2.23. The van der Waals surface area contributed by atoms with Gasteiger partial charge in [-0.2, -0.15) is 5.10 Å². The summed E-state index contributed by atoms with van der Waals surface area (Å²) in [7, 11) is 0. The topological polar surface area (TPSA) is 74.2 Å². The first-order valence-corrected chi connectivity index (χ1v) is 11.1. The summed E-state index contributed by atoms with van der Waals surface area (Å²) in [5.41, 5.74) is 3.88. The third-order valence-electron chi connectivity index (χ3n) is 6.00. The molecule has 33 heavy (non-hydrogen) atoms. The van der Waals surface area contributed by atoms with E-state index < -0.39 is 0 Å². The number of nitrogens with zero attached hydrogens (tertiary/aromatic N) is 4. The summed E-state index contributed by atoms with van der Waals surface area (Å²) in [5, 5.41) is 5.43. The monoisotopic (exact) mass is 439 g/mol. The number of hydrogen-bond acceptors (Lipinski definition) is 3. The van der Waals surface area contributed by atoms with E-state index in [1.807, 2.05) is 71.9 Å². The van der Waals surface area contributed by atoms with Crippen molar-refractivity contribution < 1.29 is 9.59 Å². The minimum absolute atomic E-state index is 0.0498. The van der Waals surface area contributed by atoms with Crippen molar-refractivity contribution in [1.82, 2.24) is 24.6 Å². The van der Waals surface area contributed by atoms with Gasteiger partial charge in [0.05, 0.1) is 18.3 Å². The molecule has 1 aliphatic heterocycles. The molecule has 0 radical (unpaired) electrons. The fourth-order valence-electron chi connectivity index (χ4n) is 4.15. The molecule has 7 heteroatoms. The van der Waals surface area contributed by atoms with Crippen LogP contribution in [0.1, 0.15) is 11.1 Å². The van der Waals surface area contributed by atoms with Gasteiger partial charge in [-0.3, -0.25) is 9.59 Å². The average molecular weight is 440 g/mol. The number of H-pyrrole nitrogens is 1. The van der Waals surface area contributed by atoms with Crippen LogP contribution in [0.25, 0.3) is 22.7 Å². The predicted molar refractivity (Wildman–Crippen MR) is 128 cm³/mol. The van der Waals surface area contributed by atoms with Crippen LogP contribution in [-0.4, -0.2) is 62.6 Å². The van der Waals surface area contributed by atoms with Crippen LogP contribution in [-0.2, 0) is 16.0 Å². The largest absolute Gasteiger partial charge is 0.361 e. The van der Waals surface area contributed by atoms with E-state index >= 15 is 0 Å². The number of rotatable bonds is 5. The molecule has 2 aromatic heterocycles. The standard InChI is InChI=1S/C26H25N5O2/c32-25(11-10-20-17-28-31(19-20)22-6-2-1-3-7-22)29-12-14-30(15-13-29)26(33)16-21-18-27-24-9-5-4-8-23(21)24/h1-11,17-19,27H,12-16H2. The second-order valence-corrected chi connectivity index (χ2v) is 8.13. The summed E-state index contributed by atoms with van der Waals surface area (Å²) in [6.45, 7) is 2.16. The van der Waals surface area contributed by atoms with Gasteiger partial charge in [0.1, 0.15) is 0 Å². The number of benzene rings is 2. The molecule has 5 rings (SSSR count). The number of carbonyl (C=O) groups is 2. The molecule has 2 amide bonds. The van der Waals surface area contributed by atoms with Gasteiger partial charge in [0, 0.05) is 61.1 Å². The Morgan fingerprint density at radius 1 is 0.939 bits per heavy atom. The predicted octanol–water partition coefficient (Wildman–Crippen LogP) is 3.28. The number of amides is 2. The normalized spacial score (nSPS) is 14.3. The van der Waals surface area contributed by atoms with Gasteiger partial charge in [-0.25, -0.2) is 4.68 Å². The maximum Gasteiger partial charge on any atom is 0.246 e. The molecule has 0 spiro atoms. The Hall–Kier alpha value is -4.13. The van der Waals surface area contributed by atoms with E-state index in [1.165, 1.54) is 0 Å². The highest BCUT2D eigenvalue weighted by Crippen LogP contribution is 2.19. The minimum atomic E-state index is -0.0498. The lowest BCUT2D eigenvalue weighted by Gasteiger charge is -2.34. The fraction of sp³-hybridized carbons (Fsp3) is 0.192. The number of fused-ring (bicyclic) bond motifs is 1. The molecular formula is C26H25N5O2. The van der Waals surface area contributed by atoms with Gasteiger partial charge in [0.15, 0.2) is 0 Å². The van der Waals surface area contributed by atoms with Crippen molar-refractivity contribution in [3.8, 4) is 5.69 Å². The number of nitrogens with one attached hydrogen (secondary N) is 1. The first-order chi connectivity index (χ1) is 16.2. The Morgan fingerprint density at radius 2 is 1.67 bits per heavy atom. The number of aromatic amines is 1. The molecule has 1 saturated heterocycles. The van der Waals surface area contributed by atoms with Gasteiger partial charge >= 0.3 is 0 Å². The molecule has 7 nitrogen and oxygen atoms in total. The lowest BCUT2D eigenvalue weighted by atomic mass is 10.1. The van der Waals surface area contributed by atoms with Crippen molar-refractivity contribution in [2.24, 2.45) is 0 Å². The molecule has 4 aromatic rings. The molecule has 2 aromatic carbocycles. The van der Waals surface area contributed by atoms with Crippen molar-refractivity contribution in [3.05, 3.63) is 90.4 Å². The Labute approximate surface area is 191 Å². The van der Waals surface area contributed by atoms with Crippen molar-refractivity contribution in [2.45, 2.75) is 6.42 Å². The van der Waals surface area contributed by atoms with Crippen molar-refractivity contribution in [1.29, 1.82) is 0 Å². The molecule has 1 aliphatic rings. The molecule has 3 heterocycles. The summed E-state index contributed by atoms with van der Waals surface area (Å²) in [6.07, 6.45) is 9.26. The summed E-state index contributed by atoms with van der Waals surface area (Å²) >= 11 is 0. The van der Waals surface area contributed by atoms with Gasteiger partial charge < -0.3 is 14.8 Å². The van der Waals surface area contributed by atoms with Crippen molar-refractivity contribution >= 4 is 28.8 Å². The van der Waals surface area contributed by atoms with E-state index in [1.54, 1.807) is 27.9 Å². The summed E-state index contributed by atoms with van der Waals surface area (Å²) in [6, 6.07) is 17.8. The van der Waals surface area contributed by atoms with Gasteiger partial charge in [0.2, 0.25) is 11.8 Å². The first kappa shape index (κ1) is 20.8. The van der Waals surface area contributed by atoms with Crippen LogP contribution in [0, 0.1) is 0 Å². The van der Waals surface area contributed by atoms with Crippen LogP contribution < -0.4 is 0 Å². The van der Waals surface area contributed by atoms with Gasteiger partial charge in [-0.1, -0.05) is 36.4 Å². The van der Waals surface area contributed by atoms with Crippen LogP contribution >= 0.6 is 0 Å². The van der Waals surface area contributed by atoms with Gasteiger partial charge in [0.25, 0.3) is 0 Å². The zero-order chi connectivity index (χ0) is 22.6. The summed E-state index contributed by atoms with van der Waals surface area (Å²) in [4.78, 5) is 32.3. The molecular weight excluding hydrogens is 414 g/mol. The van der Waals surface area contributed by atoms with E-state index in [0.717, 1.165) is 27.7 Å². The van der Waals surface area contributed by atoms with E-state index in [4.69, 9.17) is 0 Å². The van der Waals surface area contributed by atoms with Crippen molar-refractivity contribution in [3.63, 3.8) is 0 Å². The number of carbonyl (C=O) groups excluding carboxylic acids is 2. The molecule has 1 fully saturated rings. The zero-order valence-electron chi connectivity index (χ0n) is 18.2. The lowest BCUT2D eigenvalue weighted by Crippen LogP contribution is -2.50. The van der Waals surface area contributed by atoms with Crippen LogP contribution in [0.5, 0.6) is 0 Å². The lowest BCUT2D eigenvalue weighted by molar-refractivity contribution is -0.136. The highest BCUT2D eigenvalue weighted by atomic mass is 16.2. The van der Waals surface area contributed by atoms with Gasteiger partial charge in [-0.15, -0.1) is 0 Å². The van der Waals surface area contributed by atoms with Crippen LogP contribution in [0.3, 0.4) is 0 Å². The second kappa shape index (κ2) is 9.16. The third kappa shape index (κ3) is 4.57. The average Bonchev–Trinajstić information content (AvgIpc) is 3.51. The number of aromatic nitrogens is 3. The molecule has 0 saturated carbocycles. The Morgan fingerprint density at radius 3 is 2.48 bits per heavy atom. The summed E-state index contributed by atoms with van der Waals surface area (Å²) in [5.74, 6) is 0.0434. The number of hydrogen-bond donors (Lipinski definition) is 1. The molecule has 166 valence electrons. The van der Waals surface area contributed by atoms with E-state index in [-0.39, 0.29) is 11.8 Å². The maximum absolute atomic E-state index is 12.8. The van der Waals surface area contributed by atoms with Crippen LogP contribution in [0.2, 0.25) is 0 Å². The number of piperazine rings is 1. The third-order valence-corrected chi connectivity index (χ3v) is 6.00. The van der Waals surface area contributed by atoms with Crippen LogP contribution in [0.15, 0.2) is 79.3 Å². The SMILES string of the molecule is O=C(C=Cc1cnn(-c2ccccc2)c1)N1CCN(C(=O)Cc2c[nH]c3ccccc23)CC1. The number of para-hydroxylation sites is 2. The molecule has 0 atom stereocenters. The van der Waals surface area contributed by atoms with Crippen molar-refractivity contribution in [2.75, 3.05) is 26.2 Å². The van der Waals surface area contributed by atoms with E-state index in [9.17, 15) is 9.59 Å². The van der Waals surface area contributed by atoms with E-state index in [2.05, 4.69) is 10.1 Å². The Bertz CT molecular complexity index is 1300. The van der Waals surface area contributed by atoms with Crippen LogP contribution in [0.4, 0.5) is 0 Å². The molecule has 1 N–H and O–H groups in total. The maximum atomic E-state index is 12.8. The van der Waals surface area contributed by atoms with Gasteiger partial charge in [-0.05, 0) is 29.8 Å². The zero-order valence-corrected chi connectivity index (χ0v) is 18.2. The Balaban J connectivity index is 1.14. The molecule has 0 aliphatic carbocycles. The summed E-state index contributed by atoms with van der Waals surface area (Å²) < 4.78 is 1.78. The molecule has 0 unspecified atom stereocenters. The quantitative estimate of drug-likeness (QED) is 0.485. The fourth-order valence-corrected chi connectivity index (χ4v) is 4.15. The smallest absolute Gasteiger partial charge is 0.246 e. The Kier molecular flexibility index (Phi) is 5.76. The minimum Gasteiger partial charge on any atom is -0.361 e.